The predicted molar refractivity (Wildman–Crippen MR) is 79.9 cm³/mol. The van der Waals surface area contributed by atoms with Gasteiger partial charge in [-0.05, 0) is 12.1 Å². The first-order valence-electron chi connectivity index (χ1n) is 7.82. The standard InChI is InChI=1S/C19H3F11/c20-4-1-2-5(6(21)3-4)7-10-8(13(23)16(26)12(7)22)9-11(19(10,29)30)15(25)18(28)17(27)14(9)24/h1-3H. The Bertz CT molecular complexity index is 1260. The summed E-state index contributed by atoms with van der Waals surface area (Å²) >= 11 is 0. The summed E-state index contributed by atoms with van der Waals surface area (Å²) < 4.78 is 156. The van der Waals surface area contributed by atoms with Crippen molar-refractivity contribution in [2.45, 2.75) is 5.92 Å². The summed E-state index contributed by atoms with van der Waals surface area (Å²) in [5.74, 6) is -25.6. The highest BCUT2D eigenvalue weighted by Gasteiger charge is 2.54. The summed E-state index contributed by atoms with van der Waals surface area (Å²) in [6, 6.07) is 0.961. The molecule has 0 aliphatic heterocycles. The highest BCUT2D eigenvalue weighted by Crippen LogP contribution is 2.58. The van der Waals surface area contributed by atoms with Gasteiger partial charge in [-0.3, -0.25) is 0 Å². The monoisotopic (exact) mass is 440 g/mol. The second kappa shape index (κ2) is 6.19. The van der Waals surface area contributed by atoms with E-state index in [9.17, 15) is 48.3 Å². The molecule has 0 atom stereocenters. The van der Waals surface area contributed by atoms with E-state index in [0.717, 1.165) is 0 Å². The fourth-order valence-electron chi connectivity index (χ4n) is 3.44. The second-order valence-electron chi connectivity index (χ2n) is 6.27. The molecule has 0 amide bonds. The van der Waals surface area contributed by atoms with Crippen molar-refractivity contribution in [3.8, 4) is 22.3 Å². The zero-order chi connectivity index (χ0) is 22.3. The maximum Gasteiger partial charge on any atom is 0.303 e. The van der Waals surface area contributed by atoms with Crippen molar-refractivity contribution in [3.05, 3.63) is 81.7 Å². The van der Waals surface area contributed by atoms with Crippen LogP contribution in [0.4, 0.5) is 48.3 Å². The van der Waals surface area contributed by atoms with Crippen molar-refractivity contribution < 1.29 is 48.3 Å². The van der Waals surface area contributed by atoms with Crippen molar-refractivity contribution >= 4 is 0 Å². The van der Waals surface area contributed by atoms with Gasteiger partial charge in [-0.1, -0.05) is 0 Å². The van der Waals surface area contributed by atoms with Crippen LogP contribution in [-0.4, -0.2) is 0 Å². The molecule has 0 fully saturated rings. The fraction of sp³-hybridized carbons (Fsp3) is 0.0526. The van der Waals surface area contributed by atoms with Crippen molar-refractivity contribution in [1.82, 2.24) is 0 Å². The number of alkyl halides is 2. The molecule has 0 heterocycles. The lowest BCUT2D eigenvalue weighted by atomic mass is 9.92. The summed E-state index contributed by atoms with van der Waals surface area (Å²) in [7, 11) is 0. The molecule has 0 radical (unpaired) electrons. The van der Waals surface area contributed by atoms with E-state index in [1.54, 1.807) is 0 Å². The van der Waals surface area contributed by atoms with Gasteiger partial charge >= 0.3 is 5.92 Å². The molecule has 0 N–H and O–H groups in total. The average molecular weight is 440 g/mol. The van der Waals surface area contributed by atoms with Crippen LogP contribution >= 0.6 is 0 Å². The van der Waals surface area contributed by atoms with Gasteiger partial charge < -0.3 is 0 Å². The Morgan fingerprint density at radius 3 is 1.53 bits per heavy atom. The lowest BCUT2D eigenvalue weighted by Gasteiger charge is -2.18. The minimum atomic E-state index is -4.95. The number of benzene rings is 3. The van der Waals surface area contributed by atoms with E-state index >= 15 is 0 Å². The molecular weight excluding hydrogens is 437 g/mol. The second-order valence-corrected chi connectivity index (χ2v) is 6.27. The number of rotatable bonds is 1. The number of halogens is 11. The number of hydrogen-bond donors (Lipinski definition) is 0. The SMILES string of the molecule is Fc1ccc(-c2c(F)c(F)c(F)c3c2C(F)(F)c2c(F)c(F)c(F)c(F)c2-3)c(F)c1. The van der Waals surface area contributed by atoms with E-state index in [-0.39, 0.29) is 6.07 Å². The molecular formula is C19H3F11. The van der Waals surface area contributed by atoms with Crippen LogP contribution in [0.25, 0.3) is 22.3 Å². The Kier molecular flexibility index (Phi) is 4.16. The van der Waals surface area contributed by atoms with Crippen LogP contribution in [0.3, 0.4) is 0 Å². The molecule has 30 heavy (non-hydrogen) atoms. The summed E-state index contributed by atoms with van der Waals surface area (Å²) in [6.45, 7) is 0. The Labute approximate surface area is 159 Å². The molecule has 11 heteroatoms. The fourth-order valence-corrected chi connectivity index (χ4v) is 3.44. The zero-order valence-corrected chi connectivity index (χ0v) is 13.9. The van der Waals surface area contributed by atoms with Crippen molar-refractivity contribution in [2.75, 3.05) is 0 Å². The summed E-state index contributed by atoms with van der Waals surface area (Å²) in [4.78, 5) is 0. The van der Waals surface area contributed by atoms with Gasteiger partial charge in [0, 0.05) is 33.9 Å². The molecule has 0 aromatic heterocycles. The first kappa shape index (κ1) is 20.2. The number of fused-ring (bicyclic) bond motifs is 3. The van der Waals surface area contributed by atoms with E-state index in [2.05, 4.69) is 0 Å². The molecule has 156 valence electrons. The Morgan fingerprint density at radius 2 is 0.967 bits per heavy atom. The van der Waals surface area contributed by atoms with Crippen LogP contribution in [0, 0.1) is 52.4 Å². The minimum absolute atomic E-state index is 0.100. The van der Waals surface area contributed by atoms with Crippen molar-refractivity contribution in [1.29, 1.82) is 0 Å². The molecule has 0 saturated carbocycles. The molecule has 1 aliphatic carbocycles. The Hall–Kier alpha value is -3.11. The highest BCUT2D eigenvalue weighted by atomic mass is 19.3. The molecule has 4 rings (SSSR count). The van der Waals surface area contributed by atoms with Gasteiger partial charge in [-0.2, -0.15) is 8.78 Å². The minimum Gasteiger partial charge on any atom is -0.207 e. The smallest absolute Gasteiger partial charge is 0.207 e. The van der Waals surface area contributed by atoms with Gasteiger partial charge in [0.2, 0.25) is 0 Å². The predicted octanol–water partition coefficient (Wildman–Crippen LogP) is 6.73. The van der Waals surface area contributed by atoms with Crippen LogP contribution in [0.1, 0.15) is 11.1 Å². The van der Waals surface area contributed by atoms with Crippen LogP contribution < -0.4 is 0 Å². The van der Waals surface area contributed by atoms with E-state index in [1.165, 1.54) is 0 Å². The van der Waals surface area contributed by atoms with Crippen molar-refractivity contribution in [2.24, 2.45) is 0 Å². The van der Waals surface area contributed by atoms with E-state index in [4.69, 9.17) is 0 Å². The topological polar surface area (TPSA) is 0 Å². The summed E-state index contributed by atoms with van der Waals surface area (Å²) in [5.41, 5.74) is -10.8. The normalized spacial score (nSPS) is 14.1. The maximum absolute atomic E-state index is 15.0. The van der Waals surface area contributed by atoms with E-state index in [1.807, 2.05) is 0 Å². The number of hydrogen-bond acceptors (Lipinski definition) is 0. The van der Waals surface area contributed by atoms with Crippen LogP contribution in [0.15, 0.2) is 18.2 Å². The first-order chi connectivity index (χ1) is 13.9. The molecule has 1 aliphatic rings. The van der Waals surface area contributed by atoms with Crippen LogP contribution in [-0.2, 0) is 5.92 Å². The molecule has 0 spiro atoms. The molecule has 0 unspecified atom stereocenters. The first-order valence-corrected chi connectivity index (χ1v) is 7.82. The van der Waals surface area contributed by atoms with Crippen LogP contribution in [0.2, 0.25) is 0 Å². The van der Waals surface area contributed by atoms with Gasteiger partial charge in [-0.25, -0.2) is 39.5 Å². The Balaban J connectivity index is 2.26. The van der Waals surface area contributed by atoms with Crippen molar-refractivity contribution in [3.63, 3.8) is 0 Å². The lowest BCUT2D eigenvalue weighted by molar-refractivity contribution is 0.0430. The molecule has 3 aromatic rings. The molecule has 0 saturated heterocycles. The van der Waals surface area contributed by atoms with Gasteiger partial charge in [0.25, 0.3) is 0 Å². The van der Waals surface area contributed by atoms with Crippen LogP contribution in [0.5, 0.6) is 0 Å². The van der Waals surface area contributed by atoms with E-state index in [0.29, 0.717) is 12.1 Å². The van der Waals surface area contributed by atoms with Gasteiger partial charge in [0.05, 0.1) is 5.56 Å². The van der Waals surface area contributed by atoms with Gasteiger partial charge in [0.15, 0.2) is 40.7 Å². The average Bonchev–Trinajstić information content (AvgIpc) is 2.92. The third-order valence-corrected chi connectivity index (χ3v) is 4.67. The quantitative estimate of drug-likeness (QED) is 0.224. The van der Waals surface area contributed by atoms with Gasteiger partial charge in [-0.15, -0.1) is 0 Å². The zero-order valence-electron chi connectivity index (χ0n) is 13.9. The third kappa shape index (κ3) is 2.34. The largest absolute Gasteiger partial charge is 0.303 e. The lowest BCUT2D eigenvalue weighted by Crippen LogP contribution is -2.18. The molecule has 3 aromatic carbocycles. The third-order valence-electron chi connectivity index (χ3n) is 4.67. The maximum atomic E-state index is 15.0. The summed E-state index contributed by atoms with van der Waals surface area (Å²) in [5, 5.41) is 0. The molecule has 0 bridgehead atoms. The Morgan fingerprint density at radius 1 is 0.500 bits per heavy atom. The molecule has 0 nitrogen and oxygen atoms in total. The van der Waals surface area contributed by atoms with E-state index < -0.39 is 91.7 Å². The summed E-state index contributed by atoms with van der Waals surface area (Å²) in [6.07, 6.45) is 0. The van der Waals surface area contributed by atoms with Gasteiger partial charge in [0.1, 0.15) is 11.6 Å². The highest BCUT2D eigenvalue weighted by molar-refractivity contribution is 5.88.